The van der Waals surface area contributed by atoms with E-state index < -0.39 is 6.10 Å². The summed E-state index contributed by atoms with van der Waals surface area (Å²) in [4.78, 5) is 13.8. The van der Waals surface area contributed by atoms with Gasteiger partial charge in [-0.15, -0.1) is 0 Å². The Morgan fingerprint density at radius 2 is 2.00 bits per heavy atom. The van der Waals surface area contributed by atoms with Gasteiger partial charge in [0.15, 0.2) is 11.5 Å². The van der Waals surface area contributed by atoms with Crippen LogP contribution in [-0.4, -0.2) is 35.8 Å². The quantitative estimate of drug-likeness (QED) is 0.912. The summed E-state index contributed by atoms with van der Waals surface area (Å²) in [6.07, 6.45) is 2.37. The van der Waals surface area contributed by atoms with Gasteiger partial charge >= 0.3 is 0 Å². The van der Waals surface area contributed by atoms with Gasteiger partial charge in [-0.3, -0.25) is 4.79 Å². The molecule has 0 radical (unpaired) electrons. The molecule has 1 N–H and O–H groups in total. The summed E-state index contributed by atoms with van der Waals surface area (Å²) in [6.45, 7) is 1.94. The summed E-state index contributed by atoms with van der Waals surface area (Å²) >= 11 is 0. The molecule has 1 aromatic carbocycles. The van der Waals surface area contributed by atoms with Crippen molar-refractivity contribution in [2.75, 3.05) is 19.9 Å². The van der Waals surface area contributed by atoms with Gasteiger partial charge in [-0.2, -0.15) is 0 Å². The maximum atomic E-state index is 11.9. The van der Waals surface area contributed by atoms with Gasteiger partial charge in [0.2, 0.25) is 12.7 Å². The molecule has 5 heteroatoms. The van der Waals surface area contributed by atoms with Crippen molar-refractivity contribution in [2.24, 2.45) is 0 Å². The highest BCUT2D eigenvalue weighted by Gasteiger charge is 2.20. The molecule has 1 unspecified atom stereocenters. The lowest BCUT2D eigenvalue weighted by Gasteiger charge is -2.17. The first kappa shape index (κ1) is 13.2. The predicted octanol–water partition coefficient (Wildman–Crippen LogP) is 1.85. The zero-order valence-electron chi connectivity index (χ0n) is 11.4. The molecule has 2 heterocycles. The smallest absolute Gasteiger partial charge is 0.231 e. The largest absolute Gasteiger partial charge is 0.454 e. The van der Waals surface area contributed by atoms with Gasteiger partial charge in [-0.05, 0) is 37.0 Å². The van der Waals surface area contributed by atoms with E-state index in [1.54, 1.807) is 12.1 Å². The summed E-state index contributed by atoms with van der Waals surface area (Å²) in [5.74, 6) is 1.50. The molecule has 0 aromatic heterocycles. The fourth-order valence-electron chi connectivity index (χ4n) is 2.67. The minimum absolute atomic E-state index is 0.141. The zero-order valence-corrected chi connectivity index (χ0v) is 11.4. The van der Waals surface area contributed by atoms with E-state index in [1.165, 1.54) is 0 Å². The van der Waals surface area contributed by atoms with E-state index in [2.05, 4.69) is 0 Å². The van der Waals surface area contributed by atoms with E-state index in [4.69, 9.17) is 9.47 Å². The number of likely N-dealkylation sites (tertiary alicyclic amines) is 1. The van der Waals surface area contributed by atoms with Crippen molar-refractivity contribution >= 4 is 5.91 Å². The fraction of sp³-hybridized carbons (Fsp3) is 0.533. The van der Waals surface area contributed by atoms with Gasteiger partial charge in [-0.1, -0.05) is 6.07 Å². The molecule has 0 saturated carbocycles. The molecule has 108 valence electrons. The first-order valence-corrected chi connectivity index (χ1v) is 7.09. The van der Waals surface area contributed by atoms with Crippen LogP contribution in [0.4, 0.5) is 0 Å². The number of carbonyl (C=O) groups is 1. The van der Waals surface area contributed by atoms with Crippen LogP contribution in [-0.2, 0) is 4.79 Å². The summed E-state index contributed by atoms with van der Waals surface area (Å²) < 4.78 is 10.5. The highest BCUT2D eigenvalue weighted by molar-refractivity contribution is 5.76. The Hall–Kier alpha value is -1.75. The van der Waals surface area contributed by atoms with Crippen molar-refractivity contribution in [1.82, 2.24) is 4.90 Å². The van der Waals surface area contributed by atoms with Gasteiger partial charge in [0.25, 0.3) is 0 Å². The molecule has 2 aliphatic rings. The third-order valence-corrected chi connectivity index (χ3v) is 3.87. The zero-order chi connectivity index (χ0) is 13.9. The van der Waals surface area contributed by atoms with Crippen LogP contribution in [0, 0.1) is 0 Å². The summed E-state index contributed by atoms with van der Waals surface area (Å²) in [5.41, 5.74) is 0.767. The maximum Gasteiger partial charge on any atom is 0.231 e. The van der Waals surface area contributed by atoms with Crippen LogP contribution in [0.2, 0.25) is 0 Å². The van der Waals surface area contributed by atoms with E-state index in [-0.39, 0.29) is 12.7 Å². The van der Waals surface area contributed by atoms with Crippen LogP contribution in [0.15, 0.2) is 18.2 Å². The molecule has 1 aromatic rings. The number of aliphatic hydroxyl groups is 1. The molecule has 2 aliphatic heterocycles. The van der Waals surface area contributed by atoms with Crippen LogP contribution >= 0.6 is 0 Å². The number of rotatable bonds is 4. The highest BCUT2D eigenvalue weighted by Crippen LogP contribution is 2.35. The Morgan fingerprint density at radius 1 is 1.25 bits per heavy atom. The molecular weight excluding hydrogens is 258 g/mol. The van der Waals surface area contributed by atoms with E-state index in [9.17, 15) is 9.90 Å². The van der Waals surface area contributed by atoms with Crippen LogP contribution in [0.3, 0.4) is 0 Å². The van der Waals surface area contributed by atoms with Crippen molar-refractivity contribution < 1.29 is 19.4 Å². The van der Waals surface area contributed by atoms with Crippen LogP contribution < -0.4 is 9.47 Å². The Morgan fingerprint density at radius 3 is 2.80 bits per heavy atom. The van der Waals surface area contributed by atoms with Crippen molar-refractivity contribution in [2.45, 2.75) is 31.8 Å². The number of nitrogens with zero attached hydrogens (tertiary/aromatic N) is 1. The fourth-order valence-corrected chi connectivity index (χ4v) is 2.67. The topological polar surface area (TPSA) is 59.0 Å². The number of carbonyl (C=O) groups excluding carboxylic acids is 1. The third-order valence-electron chi connectivity index (χ3n) is 3.87. The standard InChI is InChI=1S/C15H19NO4/c17-12(4-6-15(18)16-7-1-2-8-16)11-3-5-13-14(9-11)20-10-19-13/h3,5,9,12,17H,1-2,4,6-8,10H2. The first-order chi connectivity index (χ1) is 9.74. The van der Waals surface area contributed by atoms with E-state index >= 15 is 0 Å². The first-order valence-electron chi connectivity index (χ1n) is 7.09. The molecule has 1 fully saturated rings. The Balaban J connectivity index is 1.56. The molecule has 5 nitrogen and oxygen atoms in total. The van der Waals surface area contributed by atoms with Gasteiger partial charge < -0.3 is 19.5 Å². The van der Waals surface area contributed by atoms with Crippen molar-refractivity contribution in [1.29, 1.82) is 0 Å². The number of aliphatic hydroxyl groups excluding tert-OH is 1. The van der Waals surface area contributed by atoms with Crippen LogP contribution in [0.25, 0.3) is 0 Å². The number of fused-ring (bicyclic) bond motifs is 1. The highest BCUT2D eigenvalue weighted by atomic mass is 16.7. The van der Waals surface area contributed by atoms with Gasteiger partial charge in [0.1, 0.15) is 0 Å². The minimum Gasteiger partial charge on any atom is -0.454 e. The molecule has 1 amide bonds. The number of benzene rings is 1. The van der Waals surface area contributed by atoms with Crippen molar-refractivity contribution in [3.8, 4) is 11.5 Å². The SMILES string of the molecule is O=C(CCC(O)c1ccc2c(c1)OCO2)N1CCCC1. The molecule has 20 heavy (non-hydrogen) atoms. The molecule has 1 saturated heterocycles. The molecule has 0 bridgehead atoms. The number of amides is 1. The second kappa shape index (κ2) is 5.71. The summed E-state index contributed by atoms with van der Waals surface area (Å²) in [7, 11) is 0. The Labute approximate surface area is 118 Å². The molecule has 3 rings (SSSR count). The average molecular weight is 277 g/mol. The maximum absolute atomic E-state index is 11.9. The van der Waals surface area contributed by atoms with Crippen molar-refractivity contribution in [3.63, 3.8) is 0 Å². The van der Waals surface area contributed by atoms with Crippen LogP contribution in [0.1, 0.15) is 37.4 Å². The summed E-state index contributed by atoms with van der Waals surface area (Å²) in [5, 5.41) is 10.2. The lowest BCUT2D eigenvalue weighted by molar-refractivity contribution is -0.130. The van der Waals surface area contributed by atoms with Crippen molar-refractivity contribution in [3.05, 3.63) is 23.8 Å². The monoisotopic (exact) mass is 277 g/mol. The number of hydrogen-bond donors (Lipinski definition) is 1. The number of hydrogen-bond acceptors (Lipinski definition) is 4. The molecule has 0 aliphatic carbocycles. The molecular formula is C15H19NO4. The minimum atomic E-state index is -0.643. The van der Waals surface area contributed by atoms with E-state index in [0.29, 0.717) is 24.3 Å². The third kappa shape index (κ3) is 2.72. The van der Waals surface area contributed by atoms with E-state index in [0.717, 1.165) is 31.5 Å². The number of ether oxygens (including phenoxy) is 2. The van der Waals surface area contributed by atoms with Gasteiger partial charge in [0, 0.05) is 19.5 Å². The molecule has 1 atom stereocenters. The predicted molar refractivity (Wildman–Crippen MR) is 72.6 cm³/mol. The lowest BCUT2D eigenvalue weighted by Crippen LogP contribution is -2.27. The van der Waals surface area contributed by atoms with Crippen LogP contribution in [0.5, 0.6) is 11.5 Å². The lowest BCUT2D eigenvalue weighted by atomic mass is 10.0. The average Bonchev–Trinajstić information content (AvgIpc) is 3.13. The second-order valence-electron chi connectivity index (χ2n) is 5.26. The summed E-state index contributed by atoms with van der Waals surface area (Å²) in [6, 6.07) is 5.40. The van der Waals surface area contributed by atoms with Gasteiger partial charge in [0.05, 0.1) is 6.10 Å². The van der Waals surface area contributed by atoms with E-state index in [1.807, 2.05) is 11.0 Å². The Bertz CT molecular complexity index is 497. The second-order valence-corrected chi connectivity index (χ2v) is 5.26. The normalized spacial score (nSPS) is 18.4. The Kier molecular flexibility index (Phi) is 3.78. The molecule has 0 spiro atoms. The van der Waals surface area contributed by atoms with Gasteiger partial charge in [-0.25, -0.2) is 0 Å².